The number of rotatable bonds is 5. The molecule has 1 aliphatic rings. The SMILES string of the molecule is Cc1c(NC(=O)c2ncc(CN3CCCCC3)cc2Cl)cccc1-c1ccccc1. The summed E-state index contributed by atoms with van der Waals surface area (Å²) in [5.41, 5.74) is 5.27. The van der Waals surface area contributed by atoms with Crippen molar-refractivity contribution in [3.05, 3.63) is 82.6 Å². The minimum absolute atomic E-state index is 0.253. The van der Waals surface area contributed by atoms with Crippen molar-refractivity contribution < 1.29 is 4.79 Å². The molecular weight excluding hydrogens is 394 g/mol. The third-order valence-corrected chi connectivity index (χ3v) is 5.92. The lowest BCUT2D eigenvalue weighted by molar-refractivity contribution is 0.102. The van der Waals surface area contributed by atoms with Crippen molar-refractivity contribution in [2.24, 2.45) is 0 Å². The number of piperidine rings is 1. The predicted octanol–water partition coefficient (Wildman–Crippen LogP) is 5.95. The predicted molar refractivity (Wildman–Crippen MR) is 123 cm³/mol. The number of halogens is 1. The summed E-state index contributed by atoms with van der Waals surface area (Å²) in [7, 11) is 0. The fourth-order valence-corrected chi connectivity index (χ4v) is 4.26. The molecule has 154 valence electrons. The molecule has 1 saturated heterocycles. The van der Waals surface area contributed by atoms with Crippen molar-refractivity contribution in [3.8, 4) is 11.1 Å². The van der Waals surface area contributed by atoms with Crippen LogP contribution in [0, 0.1) is 6.92 Å². The summed E-state index contributed by atoms with van der Waals surface area (Å²) in [6.45, 7) is 5.05. The molecule has 5 heteroatoms. The highest BCUT2D eigenvalue weighted by atomic mass is 35.5. The highest BCUT2D eigenvalue weighted by Crippen LogP contribution is 2.29. The summed E-state index contributed by atoms with van der Waals surface area (Å²) >= 11 is 6.43. The van der Waals surface area contributed by atoms with E-state index in [0.29, 0.717) is 5.02 Å². The van der Waals surface area contributed by atoms with Crippen LogP contribution in [0.3, 0.4) is 0 Å². The van der Waals surface area contributed by atoms with Gasteiger partial charge in [-0.2, -0.15) is 0 Å². The van der Waals surface area contributed by atoms with Crippen molar-refractivity contribution in [2.45, 2.75) is 32.7 Å². The maximum absolute atomic E-state index is 12.9. The van der Waals surface area contributed by atoms with Crippen molar-refractivity contribution in [3.63, 3.8) is 0 Å². The lowest BCUT2D eigenvalue weighted by Crippen LogP contribution is -2.29. The average Bonchev–Trinajstić information content (AvgIpc) is 2.76. The molecule has 1 N–H and O–H groups in total. The van der Waals surface area contributed by atoms with Gasteiger partial charge in [0.15, 0.2) is 0 Å². The summed E-state index contributed by atoms with van der Waals surface area (Å²) in [6, 6.07) is 17.9. The van der Waals surface area contributed by atoms with Gasteiger partial charge in [-0.05, 0) is 67.2 Å². The van der Waals surface area contributed by atoms with Crippen LogP contribution in [0.4, 0.5) is 5.69 Å². The van der Waals surface area contributed by atoms with Gasteiger partial charge < -0.3 is 5.32 Å². The Morgan fingerprint density at radius 2 is 1.83 bits per heavy atom. The van der Waals surface area contributed by atoms with Gasteiger partial charge in [0.25, 0.3) is 5.91 Å². The van der Waals surface area contributed by atoms with E-state index in [2.05, 4.69) is 33.4 Å². The molecule has 3 aromatic rings. The second-order valence-corrected chi connectivity index (χ2v) is 8.22. The quantitative estimate of drug-likeness (QED) is 0.555. The Morgan fingerprint density at radius 3 is 2.57 bits per heavy atom. The minimum atomic E-state index is -0.294. The number of aromatic nitrogens is 1. The zero-order valence-electron chi connectivity index (χ0n) is 17.2. The summed E-state index contributed by atoms with van der Waals surface area (Å²) in [5, 5.41) is 3.37. The molecule has 1 amide bonds. The van der Waals surface area contributed by atoms with E-state index < -0.39 is 0 Å². The number of carbonyl (C=O) groups excluding carboxylic acids is 1. The highest BCUT2D eigenvalue weighted by molar-refractivity contribution is 6.34. The zero-order chi connectivity index (χ0) is 20.9. The first-order valence-electron chi connectivity index (χ1n) is 10.4. The lowest BCUT2D eigenvalue weighted by Gasteiger charge is -2.26. The van der Waals surface area contributed by atoms with Crippen LogP contribution < -0.4 is 5.32 Å². The van der Waals surface area contributed by atoms with Crippen LogP contribution in [0.15, 0.2) is 60.8 Å². The molecule has 0 spiro atoms. The van der Waals surface area contributed by atoms with E-state index in [4.69, 9.17) is 11.6 Å². The van der Waals surface area contributed by atoms with Gasteiger partial charge in [-0.3, -0.25) is 9.69 Å². The molecule has 0 unspecified atom stereocenters. The summed E-state index contributed by atoms with van der Waals surface area (Å²) in [4.78, 5) is 19.7. The number of nitrogens with one attached hydrogen (secondary N) is 1. The molecule has 1 fully saturated rings. The number of benzene rings is 2. The number of likely N-dealkylation sites (tertiary alicyclic amines) is 1. The molecule has 0 aliphatic carbocycles. The molecule has 2 heterocycles. The first-order chi connectivity index (χ1) is 14.6. The van der Waals surface area contributed by atoms with Gasteiger partial charge in [-0.25, -0.2) is 4.98 Å². The topological polar surface area (TPSA) is 45.2 Å². The Bertz CT molecular complexity index is 1030. The van der Waals surface area contributed by atoms with Gasteiger partial charge >= 0.3 is 0 Å². The highest BCUT2D eigenvalue weighted by Gasteiger charge is 2.17. The van der Waals surface area contributed by atoms with Gasteiger partial charge in [0.05, 0.1) is 5.02 Å². The number of anilines is 1. The normalized spacial score (nSPS) is 14.5. The summed E-state index contributed by atoms with van der Waals surface area (Å²) in [6.07, 6.45) is 5.55. The standard InChI is InChI=1S/C25H26ClN3O/c1-18-21(20-9-4-2-5-10-20)11-8-12-23(18)28-25(30)24-22(26)15-19(16-27-24)17-29-13-6-3-7-14-29/h2,4-5,8-12,15-16H,3,6-7,13-14,17H2,1H3,(H,28,30). The van der Waals surface area contributed by atoms with Crippen LogP contribution in [0.25, 0.3) is 11.1 Å². The fraction of sp³-hybridized carbons (Fsp3) is 0.280. The first-order valence-corrected chi connectivity index (χ1v) is 10.8. The van der Waals surface area contributed by atoms with Crippen LogP contribution >= 0.6 is 11.6 Å². The number of carbonyl (C=O) groups is 1. The number of hydrogen-bond donors (Lipinski definition) is 1. The largest absolute Gasteiger partial charge is 0.320 e. The molecule has 1 aliphatic heterocycles. The van der Waals surface area contributed by atoms with E-state index in [1.165, 1.54) is 19.3 Å². The Morgan fingerprint density at radius 1 is 1.07 bits per heavy atom. The summed E-state index contributed by atoms with van der Waals surface area (Å²) in [5.74, 6) is -0.294. The molecular formula is C25H26ClN3O. The third kappa shape index (κ3) is 4.72. The second kappa shape index (κ2) is 9.41. The molecule has 2 aromatic carbocycles. The van der Waals surface area contributed by atoms with Gasteiger partial charge in [-0.1, -0.05) is 60.5 Å². The number of nitrogens with zero attached hydrogens (tertiary/aromatic N) is 2. The average molecular weight is 420 g/mol. The van der Waals surface area contributed by atoms with Crippen LogP contribution in [-0.4, -0.2) is 28.9 Å². The van der Waals surface area contributed by atoms with E-state index in [-0.39, 0.29) is 11.6 Å². The number of pyridine rings is 1. The molecule has 0 saturated carbocycles. The van der Waals surface area contributed by atoms with Crippen molar-refractivity contribution in [1.29, 1.82) is 0 Å². The molecule has 4 nitrogen and oxygen atoms in total. The zero-order valence-corrected chi connectivity index (χ0v) is 18.0. The molecule has 0 atom stereocenters. The molecule has 30 heavy (non-hydrogen) atoms. The van der Waals surface area contributed by atoms with Crippen LogP contribution in [0.1, 0.15) is 40.9 Å². The van der Waals surface area contributed by atoms with E-state index in [1.54, 1.807) is 6.20 Å². The first kappa shape index (κ1) is 20.6. The molecule has 0 bridgehead atoms. The second-order valence-electron chi connectivity index (χ2n) is 7.81. The van der Waals surface area contributed by atoms with Crippen molar-refractivity contribution >= 4 is 23.2 Å². The van der Waals surface area contributed by atoms with Gasteiger partial charge in [0.2, 0.25) is 0 Å². The van der Waals surface area contributed by atoms with Gasteiger partial charge in [-0.15, -0.1) is 0 Å². The minimum Gasteiger partial charge on any atom is -0.320 e. The van der Waals surface area contributed by atoms with E-state index in [0.717, 1.165) is 47.6 Å². The number of hydrogen-bond acceptors (Lipinski definition) is 3. The van der Waals surface area contributed by atoms with E-state index in [1.807, 2.05) is 43.3 Å². The van der Waals surface area contributed by atoms with Crippen molar-refractivity contribution in [1.82, 2.24) is 9.88 Å². The Kier molecular flexibility index (Phi) is 6.46. The maximum Gasteiger partial charge on any atom is 0.275 e. The molecule has 4 rings (SSSR count). The Labute approximate surface area is 182 Å². The smallest absolute Gasteiger partial charge is 0.275 e. The third-order valence-electron chi connectivity index (χ3n) is 5.63. The monoisotopic (exact) mass is 419 g/mol. The van der Waals surface area contributed by atoms with Crippen LogP contribution in [0.5, 0.6) is 0 Å². The Balaban J connectivity index is 1.50. The molecule has 1 aromatic heterocycles. The van der Waals surface area contributed by atoms with Crippen molar-refractivity contribution in [2.75, 3.05) is 18.4 Å². The number of amides is 1. The van der Waals surface area contributed by atoms with Gasteiger partial charge in [0, 0.05) is 18.4 Å². The lowest BCUT2D eigenvalue weighted by atomic mass is 9.99. The van der Waals surface area contributed by atoms with Gasteiger partial charge in [0.1, 0.15) is 5.69 Å². The maximum atomic E-state index is 12.9. The van der Waals surface area contributed by atoms with E-state index >= 15 is 0 Å². The van der Waals surface area contributed by atoms with Crippen LogP contribution in [-0.2, 0) is 6.54 Å². The van der Waals surface area contributed by atoms with Crippen LogP contribution in [0.2, 0.25) is 5.02 Å². The molecule has 0 radical (unpaired) electrons. The Hall–Kier alpha value is -2.69. The summed E-state index contributed by atoms with van der Waals surface area (Å²) < 4.78 is 0. The van der Waals surface area contributed by atoms with E-state index in [9.17, 15) is 4.79 Å². The fourth-order valence-electron chi connectivity index (χ4n) is 3.99.